The number of carbonyl (C=O) groups is 2. The van der Waals surface area contributed by atoms with E-state index >= 15 is 0 Å². The van der Waals surface area contributed by atoms with Crippen LogP contribution in [0.3, 0.4) is 0 Å². The van der Waals surface area contributed by atoms with Gasteiger partial charge in [0, 0.05) is 7.11 Å². The zero-order valence-electron chi connectivity index (χ0n) is 16.2. The highest BCUT2D eigenvalue weighted by atomic mass is 19.1. The Hall–Kier alpha value is -3.26. The van der Waals surface area contributed by atoms with E-state index in [1.807, 2.05) is 24.3 Å². The Morgan fingerprint density at radius 1 is 1.28 bits per heavy atom. The number of amides is 2. The molecule has 7 nitrogen and oxygen atoms in total. The van der Waals surface area contributed by atoms with Crippen molar-refractivity contribution >= 4 is 34.5 Å². The number of halogens is 1. The van der Waals surface area contributed by atoms with Crippen molar-refractivity contribution in [1.82, 2.24) is 9.55 Å². The van der Waals surface area contributed by atoms with Crippen molar-refractivity contribution in [3.63, 3.8) is 0 Å². The number of aryl methyl sites for hydroxylation is 1. The summed E-state index contributed by atoms with van der Waals surface area (Å²) in [7, 11) is 1.56. The molecule has 2 amide bonds. The maximum absolute atomic E-state index is 14.1. The quantitative estimate of drug-likeness (QED) is 0.695. The van der Waals surface area contributed by atoms with Crippen LogP contribution in [0.1, 0.15) is 18.0 Å². The van der Waals surface area contributed by atoms with E-state index in [-0.39, 0.29) is 18.0 Å². The number of hydrogen-bond donors (Lipinski definition) is 1. The summed E-state index contributed by atoms with van der Waals surface area (Å²) in [5.74, 6) is -0.683. The fraction of sp³-hybridized carbons (Fsp3) is 0.286. The Bertz CT molecular complexity index is 1090. The number of aromatic nitrogens is 2. The van der Waals surface area contributed by atoms with Gasteiger partial charge >= 0.3 is 0 Å². The Kier molecular flexibility index (Phi) is 5.02. The molecule has 1 atom stereocenters. The number of benzene rings is 2. The number of ether oxygens (including phenoxy) is 1. The maximum atomic E-state index is 14.1. The summed E-state index contributed by atoms with van der Waals surface area (Å²) in [6.07, 6.45) is -0.122. The lowest BCUT2D eigenvalue weighted by Gasteiger charge is -2.15. The summed E-state index contributed by atoms with van der Waals surface area (Å²) in [5, 5.41) is 2.57. The monoisotopic (exact) mass is 396 g/mol. The van der Waals surface area contributed by atoms with Gasteiger partial charge in [-0.1, -0.05) is 18.2 Å². The van der Waals surface area contributed by atoms with Gasteiger partial charge in [0.15, 0.2) is 0 Å². The summed E-state index contributed by atoms with van der Waals surface area (Å²) < 4.78 is 21.0. The first-order valence-electron chi connectivity index (χ1n) is 9.33. The molecule has 4 rings (SSSR count). The molecule has 1 aliphatic heterocycles. The van der Waals surface area contributed by atoms with Gasteiger partial charge in [0.1, 0.15) is 11.9 Å². The van der Waals surface area contributed by atoms with Crippen LogP contribution in [0, 0.1) is 12.7 Å². The van der Waals surface area contributed by atoms with E-state index in [4.69, 9.17) is 4.74 Å². The normalized spacial score (nSPS) is 15.8. The molecule has 2 aromatic carbocycles. The van der Waals surface area contributed by atoms with Gasteiger partial charge in [-0.05, 0) is 36.8 Å². The van der Waals surface area contributed by atoms with Crippen LogP contribution in [0.15, 0.2) is 42.5 Å². The molecule has 0 saturated carbocycles. The van der Waals surface area contributed by atoms with E-state index < -0.39 is 17.8 Å². The van der Waals surface area contributed by atoms with Crippen molar-refractivity contribution in [3.8, 4) is 0 Å². The number of fused-ring (bicyclic) bond motifs is 3. The fourth-order valence-corrected chi connectivity index (χ4v) is 3.59. The number of methoxy groups -OCH3 is 1. The average molecular weight is 396 g/mol. The summed E-state index contributed by atoms with van der Waals surface area (Å²) in [4.78, 5) is 31.8. The Labute approximate surface area is 167 Å². The van der Waals surface area contributed by atoms with Crippen molar-refractivity contribution < 1.29 is 18.7 Å². The highest BCUT2D eigenvalue weighted by molar-refractivity contribution is 6.05. The van der Waals surface area contributed by atoms with Gasteiger partial charge in [0.05, 0.1) is 36.3 Å². The number of rotatable bonds is 6. The van der Waals surface area contributed by atoms with Crippen molar-refractivity contribution in [2.75, 3.05) is 30.5 Å². The molecule has 3 aromatic rings. The summed E-state index contributed by atoms with van der Waals surface area (Å²) in [6.45, 7) is 2.46. The predicted octanol–water partition coefficient (Wildman–Crippen LogP) is 3.05. The van der Waals surface area contributed by atoms with Crippen LogP contribution < -0.4 is 10.2 Å². The zero-order valence-corrected chi connectivity index (χ0v) is 16.2. The van der Waals surface area contributed by atoms with Crippen LogP contribution in [-0.4, -0.2) is 41.6 Å². The fourth-order valence-electron chi connectivity index (χ4n) is 3.59. The number of anilines is 2. The molecule has 0 spiro atoms. The van der Waals surface area contributed by atoms with Crippen molar-refractivity contribution in [1.29, 1.82) is 0 Å². The van der Waals surface area contributed by atoms with Gasteiger partial charge in [-0.15, -0.1) is 0 Å². The molecule has 0 bridgehead atoms. The van der Waals surface area contributed by atoms with E-state index in [1.54, 1.807) is 24.7 Å². The van der Waals surface area contributed by atoms with Gasteiger partial charge in [-0.25, -0.2) is 9.37 Å². The molecule has 0 aliphatic carbocycles. The lowest BCUT2D eigenvalue weighted by Crippen LogP contribution is -2.33. The maximum Gasteiger partial charge on any atom is 0.253 e. The highest BCUT2D eigenvalue weighted by Gasteiger charge is 2.40. The molecule has 0 radical (unpaired) electrons. The van der Waals surface area contributed by atoms with Crippen LogP contribution in [0.4, 0.5) is 16.0 Å². The molecule has 0 saturated heterocycles. The summed E-state index contributed by atoms with van der Waals surface area (Å²) >= 11 is 0. The van der Waals surface area contributed by atoms with Crippen LogP contribution in [0.5, 0.6) is 0 Å². The van der Waals surface area contributed by atoms with E-state index in [2.05, 4.69) is 10.3 Å². The minimum absolute atomic E-state index is 0.0954. The van der Waals surface area contributed by atoms with Gasteiger partial charge in [0.25, 0.3) is 5.91 Å². The van der Waals surface area contributed by atoms with Crippen molar-refractivity contribution in [2.24, 2.45) is 0 Å². The van der Waals surface area contributed by atoms with Crippen LogP contribution in [0.25, 0.3) is 11.0 Å². The van der Waals surface area contributed by atoms with Gasteiger partial charge < -0.3 is 10.1 Å². The molecule has 1 aliphatic rings. The largest absolute Gasteiger partial charge is 0.383 e. The molecular formula is C21H21FN4O3. The lowest BCUT2D eigenvalue weighted by atomic mass is 10.1. The SMILES string of the molecule is COCCN1C(=O)[C@H](CC(=O)Nc2ccc(C)cc2F)n2c1nc1ccccc12. The smallest absolute Gasteiger partial charge is 0.253 e. The van der Waals surface area contributed by atoms with Crippen LogP contribution >= 0.6 is 0 Å². The van der Waals surface area contributed by atoms with Crippen LogP contribution in [0.2, 0.25) is 0 Å². The number of nitrogens with one attached hydrogen (secondary N) is 1. The zero-order chi connectivity index (χ0) is 20.5. The summed E-state index contributed by atoms with van der Waals surface area (Å²) in [6, 6.07) is 11.3. The molecule has 29 heavy (non-hydrogen) atoms. The molecule has 1 aromatic heterocycles. The Morgan fingerprint density at radius 2 is 2.07 bits per heavy atom. The van der Waals surface area contributed by atoms with E-state index in [9.17, 15) is 14.0 Å². The first-order valence-corrected chi connectivity index (χ1v) is 9.33. The van der Waals surface area contributed by atoms with Crippen LogP contribution in [-0.2, 0) is 14.3 Å². The molecule has 2 heterocycles. The number of hydrogen-bond acceptors (Lipinski definition) is 4. The first-order chi connectivity index (χ1) is 14.0. The van der Waals surface area contributed by atoms with Crippen molar-refractivity contribution in [2.45, 2.75) is 19.4 Å². The third-order valence-corrected chi connectivity index (χ3v) is 4.98. The van der Waals surface area contributed by atoms with E-state index in [0.717, 1.165) is 16.6 Å². The first kappa shape index (κ1) is 19.1. The minimum atomic E-state index is -0.747. The Balaban J connectivity index is 1.63. The number of nitrogens with zero attached hydrogens (tertiary/aromatic N) is 3. The third-order valence-electron chi connectivity index (χ3n) is 4.98. The second-order valence-corrected chi connectivity index (χ2v) is 7.00. The number of para-hydroxylation sites is 2. The topological polar surface area (TPSA) is 76.5 Å². The lowest BCUT2D eigenvalue weighted by molar-refractivity contribution is -0.124. The molecule has 0 fully saturated rings. The van der Waals surface area contributed by atoms with Crippen molar-refractivity contribution in [3.05, 3.63) is 53.8 Å². The Morgan fingerprint density at radius 3 is 2.83 bits per heavy atom. The van der Waals surface area contributed by atoms with Gasteiger partial charge in [-0.2, -0.15) is 0 Å². The van der Waals surface area contributed by atoms with E-state index in [1.165, 1.54) is 17.0 Å². The molecule has 0 unspecified atom stereocenters. The average Bonchev–Trinajstić information content (AvgIpc) is 3.18. The molecular weight excluding hydrogens is 375 g/mol. The highest BCUT2D eigenvalue weighted by Crippen LogP contribution is 2.36. The second-order valence-electron chi connectivity index (χ2n) is 7.00. The number of imidazole rings is 1. The minimum Gasteiger partial charge on any atom is -0.383 e. The molecule has 1 N–H and O–H groups in total. The predicted molar refractivity (Wildman–Crippen MR) is 107 cm³/mol. The second kappa shape index (κ2) is 7.63. The molecule has 150 valence electrons. The van der Waals surface area contributed by atoms with Gasteiger partial charge in [0.2, 0.25) is 11.9 Å². The third kappa shape index (κ3) is 3.47. The van der Waals surface area contributed by atoms with Gasteiger partial charge in [-0.3, -0.25) is 19.1 Å². The van der Waals surface area contributed by atoms with E-state index in [0.29, 0.717) is 19.1 Å². The molecule has 8 heteroatoms. The standard InChI is InChI=1S/C21H21FN4O3/c1-13-7-8-15(14(22)11-13)23-19(27)12-18-20(28)25(9-10-29-2)21-24-16-5-3-4-6-17(16)26(18)21/h3-8,11,18H,9-10,12H2,1-2H3,(H,23,27)/t18-/m0/s1. The summed E-state index contributed by atoms with van der Waals surface area (Å²) in [5.41, 5.74) is 2.37. The number of carbonyl (C=O) groups excluding carboxylic acids is 2.